The van der Waals surface area contributed by atoms with Crippen molar-refractivity contribution in [2.75, 3.05) is 20.3 Å². The lowest BCUT2D eigenvalue weighted by Gasteiger charge is -2.23. The van der Waals surface area contributed by atoms with Crippen molar-refractivity contribution in [1.82, 2.24) is 5.32 Å². The van der Waals surface area contributed by atoms with E-state index < -0.39 is 0 Å². The van der Waals surface area contributed by atoms with E-state index in [2.05, 4.69) is 19.2 Å². The third-order valence-corrected chi connectivity index (χ3v) is 3.46. The molecule has 0 amide bonds. The van der Waals surface area contributed by atoms with Crippen molar-refractivity contribution in [3.05, 3.63) is 35.9 Å². The fraction of sp³-hybridized carbons (Fsp3) is 0.588. The molecular weight excluding hydrogens is 266 g/mol. The van der Waals surface area contributed by atoms with Gasteiger partial charge in [-0.3, -0.25) is 4.79 Å². The van der Waals surface area contributed by atoms with E-state index in [1.807, 2.05) is 37.3 Å². The summed E-state index contributed by atoms with van der Waals surface area (Å²) in [4.78, 5) is 12.0. The van der Waals surface area contributed by atoms with Gasteiger partial charge in [0.25, 0.3) is 0 Å². The zero-order valence-electron chi connectivity index (χ0n) is 13.5. The summed E-state index contributed by atoms with van der Waals surface area (Å²) in [7, 11) is 1.69. The van der Waals surface area contributed by atoms with Gasteiger partial charge in [-0.1, -0.05) is 51.1 Å². The lowest BCUT2D eigenvalue weighted by atomic mass is 10.0. The molecule has 1 N–H and O–H groups in total. The molecule has 0 heterocycles. The van der Waals surface area contributed by atoms with Crippen LogP contribution in [0.1, 0.15) is 26.3 Å². The van der Waals surface area contributed by atoms with E-state index in [9.17, 15) is 4.79 Å². The summed E-state index contributed by atoms with van der Waals surface area (Å²) < 4.78 is 10.5. The number of ether oxygens (including phenoxy) is 2. The molecule has 0 spiro atoms. The molecule has 0 saturated heterocycles. The third kappa shape index (κ3) is 6.74. The maximum atomic E-state index is 12.0. The highest BCUT2D eigenvalue weighted by molar-refractivity contribution is 5.72. The Kier molecular flexibility index (Phi) is 8.01. The topological polar surface area (TPSA) is 47.6 Å². The Hall–Kier alpha value is -1.39. The predicted molar refractivity (Wildman–Crippen MR) is 83.9 cm³/mol. The van der Waals surface area contributed by atoms with Crippen LogP contribution in [0.25, 0.3) is 0 Å². The molecule has 4 heteroatoms. The van der Waals surface area contributed by atoms with E-state index in [1.54, 1.807) is 7.11 Å². The molecule has 4 nitrogen and oxygen atoms in total. The second-order valence-corrected chi connectivity index (χ2v) is 5.71. The van der Waals surface area contributed by atoms with Gasteiger partial charge >= 0.3 is 5.97 Å². The molecule has 1 aromatic rings. The van der Waals surface area contributed by atoms with E-state index >= 15 is 0 Å². The second kappa shape index (κ2) is 9.53. The molecule has 1 rings (SSSR count). The Labute approximate surface area is 127 Å². The molecule has 2 unspecified atom stereocenters. The minimum absolute atomic E-state index is 0.174. The maximum absolute atomic E-state index is 12.0. The first-order chi connectivity index (χ1) is 10.0. The number of methoxy groups -OCH3 is 1. The predicted octanol–water partition coefficient (Wildman–Crippen LogP) is 2.63. The van der Waals surface area contributed by atoms with Gasteiger partial charge in [0, 0.05) is 19.7 Å². The first-order valence-electron chi connectivity index (χ1n) is 7.47. The highest BCUT2D eigenvalue weighted by atomic mass is 16.5. The van der Waals surface area contributed by atoms with Crippen LogP contribution in [-0.4, -0.2) is 32.3 Å². The number of carbonyl (C=O) groups excluding carboxylic acids is 1. The number of hydrogen-bond acceptors (Lipinski definition) is 4. The quantitative estimate of drug-likeness (QED) is 0.711. The van der Waals surface area contributed by atoms with Crippen LogP contribution < -0.4 is 5.32 Å². The fourth-order valence-corrected chi connectivity index (χ4v) is 1.95. The van der Waals surface area contributed by atoms with Gasteiger partial charge in [-0.15, -0.1) is 0 Å². The van der Waals surface area contributed by atoms with Crippen LogP contribution >= 0.6 is 0 Å². The highest BCUT2D eigenvalue weighted by Crippen LogP contribution is 2.06. The van der Waals surface area contributed by atoms with E-state index in [-0.39, 0.29) is 17.9 Å². The Balaban J connectivity index is 2.33. The van der Waals surface area contributed by atoms with Crippen molar-refractivity contribution in [2.45, 2.75) is 33.4 Å². The number of hydrogen-bond donors (Lipinski definition) is 1. The summed E-state index contributed by atoms with van der Waals surface area (Å²) in [6, 6.07) is 9.96. The van der Waals surface area contributed by atoms with Crippen LogP contribution in [0.5, 0.6) is 0 Å². The van der Waals surface area contributed by atoms with Crippen molar-refractivity contribution >= 4 is 5.97 Å². The summed E-state index contributed by atoms with van der Waals surface area (Å²) in [6.45, 7) is 7.72. The van der Waals surface area contributed by atoms with E-state index in [4.69, 9.17) is 9.47 Å². The third-order valence-electron chi connectivity index (χ3n) is 3.46. The Morgan fingerprint density at radius 2 is 1.86 bits per heavy atom. The maximum Gasteiger partial charge on any atom is 0.310 e. The second-order valence-electron chi connectivity index (χ2n) is 5.71. The normalized spacial score (nSPS) is 14.0. The average molecular weight is 293 g/mol. The SMILES string of the molecule is COCC(NCC(C)C(=O)OCc1ccccc1)C(C)C. The van der Waals surface area contributed by atoms with Gasteiger partial charge in [0.2, 0.25) is 0 Å². The van der Waals surface area contributed by atoms with Crippen LogP contribution in [0.4, 0.5) is 0 Å². The van der Waals surface area contributed by atoms with Gasteiger partial charge < -0.3 is 14.8 Å². The van der Waals surface area contributed by atoms with Gasteiger partial charge in [-0.05, 0) is 11.5 Å². The fourth-order valence-electron chi connectivity index (χ4n) is 1.95. The molecule has 0 aliphatic rings. The summed E-state index contributed by atoms with van der Waals surface area (Å²) in [5.74, 6) is 0.107. The Morgan fingerprint density at radius 1 is 1.19 bits per heavy atom. The van der Waals surface area contributed by atoms with Crippen LogP contribution in [0, 0.1) is 11.8 Å². The van der Waals surface area contributed by atoms with Crippen molar-refractivity contribution in [3.8, 4) is 0 Å². The number of nitrogens with one attached hydrogen (secondary N) is 1. The molecule has 0 bridgehead atoms. The largest absolute Gasteiger partial charge is 0.461 e. The van der Waals surface area contributed by atoms with Crippen molar-refractivity contribution in [2.24, 2.45) is 11.8 Å². The molecule has 0 aliphatic carbocycles. The molecule has 0 aromatic heterocycles. The molecule has 0 radical (unpaired) electrons. The average Bonchev–Trinajstić information content (AvgIpc) is 2.49. The van der Waals surface area contributed by atoms with Gasteiger partial charge in [0.1, 0.15) is 6.61 Å². The number of benzene rings is 1. The smallest absolute Gasteiger partial charge is 0.310 e. The van der Waals surface area contributed by atoms with Crippen LogP contribution in [-0.2, 0) is 20.9 Å². The molecule has 21 heavy (non-hydrogen) atoms. The Bertz CT molecular complexity index is 406. The van der Waals surface area contributed by atoms with Crippen molar-refractivity contribution in [1.29, 1.82) is 0 Å². The van der Waals surface area contributed by atoms with Gasteiger partial charge in [-0.25, -0.2) is 0 Å². The molecule has 0 saturated carbocycles. The molecule has 2 atom stereocenters. The van der Waals surface area contributed by atoms with Gasteiger partial charge in [-0.2, -0.15) is 0 Å². The zero-order valence-corrected chi connectivity index (χ0v) is 13.5. The summed E-state index contributed by atoms with van der Waals surface area (Å²) in [5.41, 5.74) is 1.01. The van der Waals surface area contributed by atoms with Crippen molar-refractivity contribution in [3.63, 3.8) is 0 Å². The van der Waals surface area contributed by atoms with E-state index in [0.29, 0.717) is 25.7 Å². The van der Waals surface area contributed by atoms with Crippen molar-refractivity contribution < 1.29 is 14.3 Å². The summed E-state index contributed by atoms with van der Waals surface area (Å²) in [5, 5.41) is 3.37. The van der Waals surface area contributed by atoms with Crippen LogP contribution in [0.15, 0.2) is 30.3 Å². The molecule has 118 valence electrons. The first kappa shape index (κ1) is 17.7. The number of carbonyl (C=O) groups is 1. The molecule has 0 fully saturated rings. The Morgan fingerprint density at radius 3 is 2.43 bits per heavy atom. The highest BCUT2D eigenvalue weighted by Gasteiger charge is 2.18. The van der Waals surface area contributed by atoms with E-state index in [0.717, 1.165) is 5.56 Å². The first-order valence-corrected chi connectivity index (χ1v) is 7.47. The molecule has 0 aliphatic heterocycles. The summed E-state index contributed by atoms with van der Waals surface area (Å²) in [6.07, 6.45) is 0. The van der Waals surface area contributed by atoms with Crippen LogP contribution in [0.3, 0.4) is 0 Å². The van der Waals surface area contributed by atoms with Gasteiger partial charge in [0.15, 0.2) is 0 Å². The van der Waals surface area contributed by atoms with Crippen LogP contribution in [0.2, 0.25) is 0 Å². The monoisotopic (exact) mass is 293 g/mol. The number of esters is 1. The minimum Gasteiger partial charge on any atom is -0.461 e. The standard InChI is InChI=1S/C17H27NO3/c1-13(2)16(12-20-4)18-10-14(3)17(19)21-11-15-8-6-5-7-9-15/h5-9,13-14,16,18H,10-12H2,1-4H3. The number of rotatable bonds is 9. The van der Waals surface area contributed by atoms with Gasteiger partial charge in [0.05, 0.1) is 12.5 Å². The lowest BCUT2D eigenvalue weighted by Crippen LogP contribution is -2.41. The minimum atomic E-state index is -0.175. The molecule has 1 aromatic carbocycles. The van der Waals surface area contributed by atoms with E-state index in [1.165, 1.54) is 0 Å². The molecular formula is C17H27NO3. The zero-order chi connectivity index (χ0) is 15.7. The lowest BCUT2D eigenvalue weighted by molar-refractivity contribution is -0.149. The summed E-state index contributed by atoms with van der Waals surface area (Å²) >= 11 is 0.